The summed E-state index contributed by atoms with van der Waals surface area (Å²) in [6.07, 6.45) is 2.79. The van der Waals surface area contributed by atoms with Crippen LogP contribution in [0.5, 0.6) is 5.75 Å². The summed E-state index contributed by atoms with van der Waals surface area (Å²) in [6, 6.07) is 16.0. The third kappa shape index (κ3) is 4.17. The van der Waals surface area contributed by atoms with Crippen LogP contribution in [0.2, 0.25) is 0 Å². The van der Waals surface area contributed by atoms with Crippen LogP contribution in [-0.4, -0.2) is 29.0 Å². The number of hydrogen-bond donors (Lipinski definition) is 2. The second-order valence-corrected chi connectivity index (χ2v) is 7.76. The van der Waals surface area contributed by atoms with Crippen molar-refractivity contribution in [1.29, 1.82) is 0 Å². The number of thiazole rings is 1. The van der Waals surface area contributed by atoms with E-state index in [-0.39, 0.29) is 5.91 Å². The summed E-state index contributed by atoms with van der Waals surface area (Å²) in [7, 11) is 0. The molecule has 0 spiro atoms. The Kier molecular flexibility index (Phi) is 5.62. The summed E-state index contributed by atoms with van der Waals surface area (Å²) in [5, 5.41) is 5.07. The molecule has 148 valence electrons. The first-order valence-corrected chi connectivity index (χ1v) is 10.5. The molecule has 0 saturated carbocycles. The third-order valence-corrected chi connectivity index (χ3v) is 5.98. The van der Waals surface area contributed by atoms with Gasteiger partial charge < -0.3 is 15.0 Å². The Morgan fingerprint density at radius 1 is 1.17 bits per heavy atom. The van der Waals surface area contributed by atoms with Crippen molar-refractivity contribution in [3.05, 3.63) is 70.9 Å². The first-order valence-electron chi connectivity index (χ1n) is 9.69. The van der Waals surface area contributed by atoms with E-state index < -0.39 is 0 Å². The van der Waals surface area contributed by atoms with E-state index >= 15 is 0 Å². The van der Waals surface area contributed by atoms with Crippen molar-refractivity contribution in [2.24, 2.45) is 0 Å². The predicted molar refractivity (Wildman–Crippen MR) is 118 cm³/mol. The molecule has 4 aromatic rings. The number of carbonyl (C=O) groups is 1. The van der Waals surface area contributed by atoms with E-state index in [1.807, 2.05) is 56.4 Å². The number of para-hydroxylation sites is 1. The molecule has 2 aromatic carbocycles. The summed E-state index contributed by atoms with van der Waals surface area (Å²) < 4.78 is 5.48. The molecule has 4 rings (SSSR count). The molecule has 2 aromatic heterocycles. The molecule has 0 aliphatic heterocycles. The first kappa shape index (κ1) is 19.2. The number of fused-ring (bicyclic) bond motifs is 1. The number of aromatic nitrogens is 2. The lowest BCUT2D eigenvalue weighted by molar-refractivity contribution is 0.0957. The quantitative estimate of drug-likeness (QED) is 0.456. The Hall–Kier alpha value is -3.12. The van der Waals surface area contributed by atoms with E-state index in [2.05, 4.69) is 27.4 Å². The van der Waals surface area contributed by atoms with Gasteiger partial charge in [0.25, 0.3) is 5.91 Å². The van der Waals surface area contributed by atoms with Gasteiger partial charge in [0.2, 0.25) is 0 Å². The number of H-pyrrole nitrogens is 1. The second kappa shape index (κ2) is 8.49. The van der Waals surface area contributed by atoms with Gasteiger partial charge in [-0.25, -0.2) is 4.98 Å². The van der Waals surface area contributed by atoms with Crippen molar-refractivity contribution < 1.29 is 9.53 Å². The summed E-state index contributed by atoms with van der Waals surface area (Å²) in [6.45, 7) is 5.06. The predicted octanol–water partition coefficient (Wildman–Crippen LogP) is 4.97. The Morgan fingerprint density at radius 3 is 2.76 bits per heavy atom. The number of rotatable bonds is 7. The number of carbonyl (C=O) groups excluding carboxylic acids is 1. The molecule has 0 aliphatic carbocycles. The molecule has 2 N–H and O–H groups in total. The number of hydrogen-bond acceptors (Lipinski definition) is 4. The fourth-order valence-electron chi connectivity index (χ4n) is 3.32. The molecule has 6 heteroatoms. The number of benzene rings is 2. The molecule has 0 unspecified atom stereocenters. The second-order valence-electron chi connectivity index (χ2n) is 6.76. The minimum absolute atomic E-state index is 0.0722. The standard InChI is InChI=1S/C23H23N3O2S/c1-3-28-18-10-8-16(9-11-18)23-26-15(2)21(29-23)22(27)24-13-12-17-14-25-20-7-5-4-6-19(17)20/h4-11,14,25H,3,12-13H2,1-2H3,(H,24,27). The normalized spacial score (nSPS) is 11.0. The maximum Gasteiger partial charge on any atom is 0.263 e. The molecule has 0 bridgehead atoms. The highest BCUT2D eigenvalue weighted by Gasteiger charge is 2.16. The van der Waals surface area contributed by atoms with E-state index in [0.29, 0.717) is 18.0 Å². The van der Waals surface area contributed by atoms with Crippen LogP contribution in [0.3, 0.4) is 0 Å². The van der Waals surface area contributed by atoms with Crippen molar-refractivity contribution in [2.45, 2.75) is 20.3 Å². The molecule has 0 saturated heterocycles. The fraction of sp³-hybridized carbons (Fsp3) is 0.217. The van der Waals surface area contributed by atoms with Gasteiger partial charge in [-0.15, -0.1) is 11.3 Å². The zero-order chi connectivity index (χ0) is 20.2. The van der Waals surface area contributed by atoms with Gasteiger partial charge in [-0.05, 0) is 56.2 Å². The van der Waals surface area contributed by atoms with Crippen LogP contribution in [0, 0.1) is 6.92 Å². The molecule has 5 nitrogen and oxygen atoms in total. The number of ether oxygens (including phenoxy) is 1. The largest absolute Gasteiger partial charge is 0.494 e. The number of aryl methyl sites for hydroxylation is 1. The van der Waals surface area contributed by atoms with E-state index in [1.165, 1.54) is 22.3 Å². The Bertz CT molecular complexity index is 1130. The van der Waals surface area contributed by atoms with Gasteiger partial charge in [0.15, 0.2) is 0 Å². The summed E-state index contributed by atoms with van der Waals surface area (Å²) in [4.78, 5) is 21.2. The molecule has 1 amide bonds. The van der Waals surface area contributed by atoms with E-state index in [4.69, 9.17) is 4.74 Å². The third-order valence-electron chi connectivity index (χ3n) is 4.77. The van der Waals surface area contributed by atoms with Crippen LogP contribution in [0.4, 0.5) is 0 Å². The monoisotopic (exact) mass is 405 g/mol. The smallest absolute Gasteiger partial charge is 0.263 e. The minimum Gasteiger partial charge on any atom is -0.494 e. The van der Waals surface area contributed by atoms with Gasteiger partial charge in [0, 0.05) is 29.2 Å². The Balaban J connectivity index is 1.41. The Morgan fingerprint density at radius 2 is 1.97 bits per heavy atom. The number of amides is 1. The van der Waals surface area contributed by atoms with Crippen LogP contribution < -0.4 is 10.1 Å². The molecule has 2 heterocycles. The van der Waals surface area contributed by atoms with Crippen molar-refractivity contribution in [3.8, 4) is 16.3 Å². The van der Waals surface area contributed by atoms with E-state index in [0.717, 1.165) is 34.0 Å². The lowest BCUT2D eigenvalue weighted by Crippen LogP contribution is -2.25. The number of nitrogens with one attached hydrogen (secondary N) is 2. The summed E-state index contributed by atoms with van der Waals surface area (Å²) in [5.41, 5.74) is 4.06. The molecule has 0 radical (unpaired) electrons. The average Bonchev–Trinajstić information content (AvgIpc) is 3.33. The van der Waals surface area contributed by atoms with Crippen LogP contribution in [0.15, 0.2) is 54.7 Å². The van der Waals surface area contributed by atoms with Crippen molar-refractivity contribution in [3.63, 3.8) is 0 Å². The van der Waals surface area contributed by atoms with Crippen molar-refractivity contribution in [2.75, 3.05) is 13.2 Å². The zero-order valence-corrected chi connectivity index (χ0v) is 17.3. The van der Waals surface area contributed by atoms with Gasteiger partial charge in [-0.1, -0.05) is 18.2 Å². The van der Waals surface area contributed by atoms with Gasteiger partial charge in [-0.3, -0.25) is 4.79 Å². The van der Waals surface area contributed by atoms with Crippen LogP contribution in [0.25, 0.3) is 21.5 Å². The minimum atomic E-state index is -0.0722. The lowest BCUT2D eigenvalue weighted by Gasteiger charge is -2.04. The van der Waals surface area contributed by atoms with Gasteiger partial charge in [0.05, 0.1) is 12.3 Å². The molecule has 0 atom stereocenters. The Labute approximate surface area is 173 Å². The van der Waals surface area contributed by atoms with E-state index in [1.54, 1.807) is 0 Å². The van der Waals surface area contributed by atoms with Crippen LogP contribution in [-0.2, 0) is 6.42 Å². The maximum absolute atomic E-state index is 12.7. The summed E-state index contributed by atoms with van der Waals surface area (Å²) in [5.74, 6) is 0.761. The highest BCUT2D eigenvalue weighted by molar-refractivity contribution is 7.17. The topological polar surface area (TPSA) is 67.0 Å². The number of aromatic amines is 1. The van der Waals surface area contributed by atoms with Crippen molar-refractivity contribution >= 4 is 28.1 Å². The molecule has 0 fully saturated rings. The SMILES string of the molecule is CCOc1ccc(-c2nc(C)c(C(=O)NCCc3c[nH]c4ccccc34)s2)cc1. The van der Waals surface area contributed by atoms with E-state index in [9.17, 15) is 4.79 Å². The number of nitrogens with zero attached hydrogens (tertiary/aromatic N) is 1. The molecular weight excluding hydrogens is 382 g/mol. The molecule has 29 heavy (non-hydrogen) atoms. The fourth-order valence-corrected chi connectivity index (χ4v) is 4.31. The van der Waals surface area contributed by atoms with Gasteiger partial charge in [-0.2, -0.15) is 0 Å². The van der Waals surface area contributed by atoms with Crippen molar-refractivity contribution in [1.82, 2.24) is 15.3 Å². The van der Waals surface area contributed by atoms with Gasteiger partial charge >= 0.3 is 0 Å². The highest BCUT2D eigenvalue weighted by Crippen LogP contribution is 2.29. The highest BCUT2D eigenvalue weighted by atomic mass is 32.1. The maximum atomic E-state index is 12.7. The average molecular weight is 406 g/mol. The lowest BCUT2D eigenvalue weighted by atomic mass is 10.1. The van der Waals surface area contributed by atoms with Crippen LogP contribution >= 0.6 is 11.3 Å². The van der Waals surface area contributed by atoms with Crippen LogP contribution in [0.1, 0.15) is 27.9 Å². The van der Waals surface area contributed by atoms with Gasteiger partial charge in [0.1, 0.15) is 15.6 Å². The molecule has 0 aliphatic rings. The zero-order valence-electron chi connectivity index (χ0n) is 16.5. The molecular formula is C23H23N3O2S. The summed E-state index contributed by atoms with van der Waals surface area (Å²) >= 11 is 1.42. The first-order chi connectivity index (χ1) is 14.2.